The molecule has 0 radical (unpaired) electrons. The lowest BCUT2D eigenvalue weighted by atomic mass is 9.97. The van der Waals surface area contributed by atoms with E-state index in [0.29, 0.717) is 11.8 Å². The number of hydrogen-bond acceptors (Lipinski definition) is 5. The standard InChI is InChI=1S/C19H18N2O3/c22-18(23-15-6-2-1-3-7-15)14-10-12-21(13-11-14)19-20-16-8-4-5-9-17(16)24-19/h1-9,14H,10-13H2. The zero-order valence-electron chi connectivity index (χ0n) is 13.2. The normalized spacial score (nSPS) is 15.6. The highest BCUT2D eigenvalue weighted by molar-refractivity contribution is 5.76. The van der Waals surface area contributed by atoms with E-state index in [1.54, 1.807) is 12.1 Å². The summed E-state index contributed by atoms with van der Waals surface area (Å²) in [5.74, 6) is 0.369. The van der Waals surface area contributed by atoms with Crippen LogP contribution in [0.5, 0.6) is 5.75 Å². The van der Waals surface area contributed by atoms with Gasteiger partial charge in [0.2, 0.25) is 0 Å². The molecule has 5 nitrogen and oxygen atoms in total. The maximum Gasteiger partial charge on any atom is 0.314 e. The summed E-state index contributed by atoms with van der Waals surface area (Å²) >= 11 is 0. The van der Waals surface area contributed by atoms with Gasteiger partial charge in [-0.3, -0.25) is 4.79 Å². The Morgan fingerprint density at radius 3 is 2.50 bits per heavy atom. The number of aromatic nitrogens is 1. The number of ether oxygens (including phenoxy) is 1. The van der Waals surface area contributed by atoms with Crippen LogP contribution in [0.1, 0.15) is 12.8 Å². The molecule has 122 valence electrons. The number of piperidine rings is 1. The summed E-state index contributed by atoms with van der Waals surface area (Å²) in [7, 11) is 0. The lowest BCUT2D eigenvalue weighted by Gasteiger charge is -2.29. The summed E-state index contributed by atoms with van der Waals surface area (Å²) in [6, 6.07) is 17.6. The predicted molar refractivity (Wildman–Crippen MR) is 91.0 cm³/mol. The third-order valence-electron chi connectivity index (χ3n) is 4.34. The minimum Gasteiger partial charge on any atom is -0.426 e. The number of benzene rings is 2. The van der Waals surface area contributed by atoms with Crippen molar-refractivity contribution in [2.45, 2.75) is 12.8 Å². The molecule has 0 N–H and O–H groups in total. The Morgan fingerprint density at radius 1 is 1.04 bits per heavy atom. The number of hydrogen-bond donors (Lipinski definition) is 0. The number of nitrogens with zero attached hydrogens (tertiary/aromatic N) is 2. The molecule has 0 saturated carbocycles. The number of oxazole rings is 1. The fourth-order valence-electron chi connectivity index (χ4n) is 2.99. The van der Waals surface area contributed by atoms with E-state index in [2.05, 4.69) is 9.88 Å². The van der Waals surface area contributed by atoms with Crippen molar-refractivity contribution in [1.82, 2.24) is 4.98 Å². The Morgan fingerprint density at radius 2 is 1.75 bits per heavy atom. The molecule has 0 atom stereocenters. The molecule has 2 heterocycles. The monoisotopic (exact) mass is 322 g/mol. The molecule has 0 amide bonds. The van der Waals surface area contributed by atoms with Gasteiger partial charge in [0.05, 0.1) is 5.92 Å². The van der Waals surface area contributed by atoms with Gasteiger partial charge in [0, 0.05) is 13.1 Å². The van der Waals surface area contributed by atoms with E-state index in [1.807, 2.05) is 42.5 Å². The van der Waals surface area contributed by atoms with Crippen LogP contribution in [0.4, 0.5) is 6.01 Å². The quantitative estimate of drug-likeness (QED) is 0.544. The van der Waals surface area contributed by atoms with E-state index < -0.39 is 0 Å². The molecule has 1 fully saturated rings. The van der Waals surface area contributed by atoms with E-state index in [0.717, 1.165) is 37.0 Å². The van der Waals surface area contributed by atoms with Crippen LogP contribution in [-0.2, 0) is 4.79 Å². The van der Waals surface area contributed by atoms with E-state index in [1.165, 1.54) is 0 Å². The topological polar surface area (TPSA) is 55.6 Å². The molecule has 5 heteroatoms. The van der Waals surface area contributed by atoms with Crippen LogP contribution >= 0.6 is 0 Å². The maximum absolute atomic E-state index is 12.3. The molecule has 3 aromatic rings. The van der Waals surface area contributed by atoms with Crippen LogP contribution in [-0.4, -0.2) is 24.0 Å². The summed E-state index contributed by atoms with van der Waals surface area (Å²) in [5.41, 5.74) is 1.65. The predicted octanol–water partition coefficient (Wildman–Crippen LogP) is 3.65. The molecule has 1 aromatic heterocycles. The largest absolute Gasteiger partial charge is 0.426 e. The van der Waals surface area contributed by atoms with Crippen LogP contribution in [0.3, 0.4) is 0 Å². The summed E-state index contributed by atoms with van der Waals surface area (Å²) in [6.07, 6.45) is 1.48. The SMILES string of the molecule is O=C(Oc1ccccc1)C1CCN(c2nc3ccccc3o2)CC1. The second-order valence-corrected chi connectivity index (χ2v) is 5.96. The first-order valence-corrected chi connectivity index (χ1v) is 8.17. The molecule has 24 heavy (non-hydrogen) atoms. The van der Waals surface area contributed by atoms with Gasteiger partial charge in [-0.1, -0.05) is 30.3 Å². The van der Waals surface area contributed by atoms with Crippen molar-refractivity contribution < 1.29 is 13.9 Å². The molecule has 0 spiro atoms. The van der Waals surface area contributed by atoms with Gasteiger partial charge in [-0.15, -0.1) is 0 Å². The second-order valence-electron chi connectivity index (χ2n) is 5.96. The lowest BCUT2D eigenvalue weighted by molar-refractivity contribution is -0.139. The summed E-state index contributed by atoms with van der Waals surface area (Å²) in [5, 5.41) is 0. The molecule has 0 unspecified atom stereocenters. The van der Waals surface area contributed by atoms with Gasteiger partial charge in [-0.2, -0.15) is 4.98 Å². The number of carbonyl (C=O) groups excluding carboxylic acids is 1. The molecule has 1 aliphatic rings. The van der Waals surface area contributed by atoms with E-state index in [-0.39, 0.29) is 11.9 Å². The van der Waals surface area contributed by atoms with Crippen molar-refractivity contribution in [3.63, 3.8) is 0 Å². The van der Waals surface area contributed by atoms with Gasteiger partial charge in [0.15, 0.2) is 5.58 Å². The molecule has 2 aromatic carbocycles. The zero-order valence-corrected chi connectivity index (χ0v) is 13.2. The van der Waals surface area contributed by atoms with Gasteiger partial charge in [0.1, 0.15) is 11.3 Å². The minimum atomic E-state index is -0.154. The first-order chi connectivity index (χ1) is 11.8. The van der Waals surface area contributed by atoms with Gasteiger partial charge in [-0.25, -0.2) is 0 Å². The Bertz CT molecular complexity index is 803. The third kappa shape index (κ3) is 2.97. The molecule has 0 aliphatic carbocycles. The molecule has 1 aliphatic heterocycles. The number of para-hydroxylation sites is 3. The molecule has 1 saturated heterocycles. The highest BCUT2D eigenvalue weighted by Crippen LogP contribution is 2.27. The first kappa shape index (κ1) is 14.8. The number of esters is 1. The first-order valence-electron chi connectivity index (χ1n) is 8.17. The summed E-state index contributed by atoms with van der Waals surface area (Å²) in [4.78, 5) is 18.9. The van der Waals surface area contributed by atoms with Crippen molar-refractivity contribution in [1.29, 1.82) is 0 Å². The van der Waals surface area contributed by atoms with E-state index >= 15 is 0 Å². The number of anilines is 1. The molecular formula is C19H18N2O3. The van der Waals surface area contributed by atoms with Gasteiger partial charge >= 0.3 is 5.97 Å². The van der Waals surface area contributed by atoms with Crippen LogP contribution in [0.2, 0.25) is 0 Å². The van der Waals surface area contributed by atoms with Crippen LogP contribution in [0.15, 0.2) is 59.0 Å². The number of carbonyl (C=O) groups is 1. The lowest BCUT2D eigenvalue weighted by Crippen LogP contribution is -2.37. The van der Waals surface area contributed by atoms with Crippen LogP contribution in [0, 0.1) is 5.92 Å². The van der Waals surface area contributed by atoms with E-state index in [9.17, 15) is 4.79 Å². The fraction of sp³-hybridized carbons (Fsp3) is 0.263. The van der Waals surface area contributed by atoms with E-state index in [4.69, 9.17) is 9.15 Å². The van der Waals surface area contributed by atoms with Crippen molar-refractivity contribution >= 4 is 23.1 Å². The van der Waals surface area contributed by atoms with Crippen LogP contribution < -0.4 is 9.64 Å². The highest BCUT2D eigenvalue weighted by Gasteiger charge is 2.28. The highest BCUT2D eigenvalue weighted by atomic mass is 16.5. The summed E-state index contributed by atoms with van der Waals surface area (Å²) in [6.45, 7) is 1.47. The van der Waals surface area contributed by atoms with Crippen molar-refractivity contribution in [3.05, 3.63) is 54.6 Å². The second kappa shape index (κ2) is 6.35. The molecular weight excluding hydrogens is 304 g/mol. The van der Waals surface area contributed by atoms with Crippen molar-refractivity contribution in [2.24, 2.45) is 5.92 Å². The van der Waals surface area contributed by atoms with Gasteiger partial charge in [-0.05, 0) is 37.1 Å². The average Bonchev–Trinajstić information content (AvgIpc) is 3.07. The Balaban J connectivity index is 1.38. The Kier molecular flexibility index (Phi) is 3.91. The van der Waals surface area contributed by atoms with Crippen LogP contribution in [0.25, 0.3) is 11.1 Å². The third-order valence-corrected chi connectivity index (χ3v) is 4.34. The average molecular weight is 322 g/mol. The number of fused-ring (bicyclic) bond motifs is 1. The minimum absolute atomic E-state index is 0.0779. The summed E-state index contributed by atoms with van der Waals surface area (Å²) < 4.78 is 11.2. The Hall–Kier alpha value is -2.82. The molecule has 4 rings (SSSR count). The number of rotatable bonds is 3. The maximum atomic E-state index is 12.3. The van der Waals surface area contributed by atoms with Gasteiger partial charge in [0.25, 0.3) is 6.01 Å². The fourth-order valence-corrected chi connectivity index (χ4v) is 2.99. The Labute approximate surface area is 139 Å². The van der Waals surface area contributed by atoms with Crippen molar-refractivity contribution in [3.8, 4) is 5.75 Å². The smallest absolute Gasteiger partial charge is 0.314 e. The van der Waals surface area contributed by atoms with Crippen molar-refractivity contribution in [2.75, 3.05) is 18.0 Å². The molecule has 0 bridgehead atoms. The zero-order chi connectivity index (χ0) is 16.4. The van der Waals surface area contributed by atoms with Gasteiger partial charge < -0.3 is 14.1 Å².